The molecule has 0 aromatic heterocycles. The van der Waals surface area contributed by atoms with Crippen molar-refractivity contribution >= 4 is 5.69 Å². The largest absolute Gasteiger partial charge is 0.374 e. The van der Waals surface area contributed by atoms with Crippen LogP contribution < -0.4 is 10.2 Å². The van der Waals surface area contributed by atoms with E-state index in [4.69, 9.17) is 0 Å². The van der Waals surface area contributed by atoms with Gasteiger partial charge in [0.2, 0.25) is 0 Å². The number of nitrogens with one attached hydrogen (secondary N) is 1. The lowest BCUT2D eigenvalue weighted by molar-refractivity contribution is 0.343. The number of para-hydroxylation sites is 1. The Morgan fingerprint density at radius 1 is 1.11 bits per heavy atom. The molecular weight excluding hydrogens is 232 g/mol. The second-order valence-electron chi connectivity index (χ2n) is 5.78. The van der Waals surface area contributed by atoms with Crippen LogP contribution in [0.25, 0.3) is 0 Å². The summed E-state index contributed by atoms with van der Waals surface area (Å²) in [6.45, 7) is 4.49. The number of benzene rings is 1. The summed E-state index contributed by atoms with van der Waals surface area (Å²) in [4.78, 5) is 2.42. The third kappa shape index (κ3) is 4.24. The van der Waals surface area contributed by atoms with Crippen LogP contribution in [0.1, 0.15) is 39.0 Å². The van der Waals surface area contributed by atoms with Crippen molar-refractivity contribution in [2.75, 3.05) is 25.0 Å². The van der Waals surface area contributed by atoms with Gasteiger partial charge < -0.3 is 10.2 Å². The predicted molar refractivity (Wildman–Crippen MR) is 83.8 cm³/mol. The number of rotatable bonds is 5. The molecule has 1 saturated carbocycles. The minimum Gasteiger partial charge on any atom is -0.374 e. The van der Waals surface area contributed by atoms with Gasteiger partial charge in [0.15, 0.2) is 0 Å². The molecule has 1 fully saturated rings. The van der Waals surface area contributed by atoms with Crippen molar-refractivity contribution in [1.29, 1.82) is 0 Å². The summed E-state index contributed by atoms with van der Waals surface area (Å²) in [5.41, 5.74) is 1.34. The van der Waals surface area contributed by atoms with E-state index in [9.17, 15) is 0 Å². The topological polar surface area (TPSA) is 15.3 Å². The molecule has 19 heavy (non-hydrogen) atoms. The van der Waals surface area contributed by atoms with Gasteiger partial charge in [-0.25, -0.2) is 0 Å². The molecule has 1 aromatic carbocycles. The number of hydrogen-bond donors (Lipinski definition) is 1. The second kappa shape index (κ2) is 7.54. The highest BCUT2D eigenvalue weighted by Gasteiger charge is 2.24. The van der Waals surface area contributed by atoms with Gasteiger partial charge >= 0.3 is 0 Å². The summed E-state index contributed by atoms with van der Waals surface area (Å²) in [5.74, 6) is 0.785. The molecule has 0 spiro atoms. The van der Waals surface area contributed by atoms with Crippen LogP contribution in [-0.2, 0) is 0 Å². The van der Waals surface area contributed by atoms with Gasteiger partial charge in [0.1, 0.15) is 0 Å². The Labute approximate surface area is 118 Å². The Bertz CT molecular complexity index is 350. The molecule has 2 atom stereocenters. The van der Waals surface area contributed by atoms with Gasteiger partial charge in [0.25, 0.3) is 0 Å². The van der Waals surface area contributed by atoms with Gasteiger partial charge in [-0.15, -0.1) is 0 Å². The van der Waals surface area contributed by atoms with Gasteiger partial charge in [0.05, 0.1) is 0 Å². The van der Waals surface area contributed by atoms with Crippen LogP contribution in [0.15, 0.2) is 30.3 Å². The first-order valence-electron chi connectivity index (χ1n) is 7.81. The predicted octanol–water partition coefficient (Wildman–Crippen LogP) is 3.68. The highest BCUT2D eigenvalue weighted by atomic mass is 15.1. The van der Waals surface area contributed by atoms with Crippen LogP contribution in [0, 0.1) is 5.92 Å². The van der Waals surface area contributed by atoms with E-state index in [0.29, 0.717) is 6.04 Å². The number of anilines is 1. The zero-order valence-corrected chi connectivity index (χ0v) is 12.4. The maximum atomic E-state index is 3.70. The number of nitrogens with zero attached hydrogens (tertiary/aromatic N) is 1. The van der Waals surface area contributed by atoms with E-state index in [1.54, 1.807) is 0 Å². The van der Waals surface area contributed by atoms with Gasteiger partial charge in [-0.2, -0.15) is 0 Å². The highest BCUT2D eigenvalue weighted by molar-refractivity contribution is 5.45. The standard InChI is InChI=1S/C17H28N2/c1-3-18-17-13-9-4-6-10-15(17)14-19(2)16-11-7-5-8-12-16/h5,7-8,11-12,15,17-18H,3-4,6,9-10,13-14H2,1-2H3. The lowest BCUT2D eigenvalue weighted by atomic mass is 9.94. The maximum absolute atomic E-state index is 3.70. The third-order valence-corrected chi connectivity index (χ3v) is 4.33. The first-order chi connectivity index (χ1) is 9.31. The van der Waals surface area contributed by atoms with E-state index in [-0.39, 0.29) is 0 Å². The Morgan fingerprint density at radius 2 is 1.84 bits per heavy atom. The molecule has 0 heterocycles. The third-order valence-electron chi connectivity index (χ3n) is 4.33. The minimum absolute atomic E-state index is 0.707. The SMILES string of the molecule is CCNC1CCCCCC1CN(C)c1ccccc1. The molecule has 106 valence electrons. The van der Waals surface area contributed by atoms with Crippen molar-refractivity contribution in [2.24, 2.45) is 5.92 Å². The molecule has 1 N–H and O–H groups in total. The molecule has 1 aliphatic carbocycles. The summed E-state index contributed by atoms with van der Waals surface area (Å²) >= 11 is 0. The monoisotopic (exact) mass is 260 g/mol. The molecule has 1 aliphatic rings. The fourth-order valence-electron chi connectivity index (χ4n) is 3.27. The van der Waals surface area contributed by atoms with E-state index < -0.39 is 0 Å². The first-order valence-corrected chi connectivity index (χ1v) is 7.81. The molecular formula is C17H28N2. The Hall–Kier alpha value is -1.02. The molecule has 0 aliphatic heterocycles. The average Bonchev–Trinajstić information content (AvgIpc) is 2.66. The number of hydrogen-bond acceptors (Lipinski definition) is 2. The van der Waals surface area contributed by atoms with Crippen molar-refractivity contribution in [3.63, 3.8) is 0 Å². The molecule has 0 bridgehead atoms. The van der Waals surface area contributed by atoms with Crippen molar-refractivity contribution in [3.8, 4) is 0 Å². The van der Waals surface area contributed by atoms with Crippen LogP contribution in [0.5, 0.6) is 0 Å². The molecule has 0 amide bonds. The van der Waals surface area contributed by atoms with E-state index >= 15 is 0 Å². The summed E-state index contributed by atoms with van der Waals surface area (Å²) in [5, 5.41) is 3.70. The molecule has 2 rings (SSSR count). The molecule has 0 radical (unpaired) electrons. The zero-order chi connectivity index (χ0) is 13.5. The maximum Gasteiger partial charge on any atom is 0.0363 e. The first kappa shape index (κ1) is 14.4. The summed E-state index contributed by atoms with van der Waals surface area (Å²) < 4.78 is 0. The van der Waals surface area contributed by atoms with Crippen molar-refractivity contribution in [2.45, 2.75) is 45.1 Å². The highest BCUT2D eigenvalue weighted by Crippen LogP contribution is 2.25. The van der Waals surface area contributed by atoms with Crippen LogP contribution >= 0.6 is 0 Å². The average molecular weight is 260 g/mol. The zero-order valence-electron chi connectivity index (χ0n) is 12.4. The minimum atomic E-state index is 0.707. The van der Waals surface area contributed by atoms with Gasteiger partial charge in [-0.05, 0) is 37.4 Å². The summed E-state index contributed by atoms with van der Waals surface area (Å²) in [7, 11) is 2.23. The van der Waals surface area contributed by atoms with Gasteiger partial charge in [0, 0.05) is 25.3 Å². The van der Waals surface area contributed by atoms with E-state index in [0.717, 1.165) is 12.5 Å². The van der Waals surface area contributed by atoms with Crippen LogP contribution in [-0.4, -0.2) is 26.2 Å². The van der Waals surface area contributed by atoms with Crippen LogP contribution in [0.4, 0.5) is 5.69 Å². The molecule has 2 unspecified atom stereocenters. The summed E-state index contributed by atoms with van der Waals surface area (Å²) in [6, 6.07) is 11.5. The van der Waals surface area contributed by atoms with Gasteiger partial charge in [-0.1, -0.05) is 44.4 Å². The van der Waals surface area contributed by atoms with Crippen molar-refractivity contribution in [3.05, 3.63) is 30.3 Å². The van der Waals surface area contributed by atoms with Crippen molar-refractivity contribution in [1.82, 2.24) is 5.32 Å². The second-order valence-corrected chi connectivity index (χ2v) is 5.78. The molecule has 1 aromatic rings. The Balaban J connectivity index is 1.98. The van der Waals surface area contributed by atoms with Gasteiger partial charge in [-0.3, -0.25) is 0 Å². The lowest BCUT2D eigenvalue weighted by Gasteiger charge is -2.31. The summed E-state index contributed by atoms with van der Waals surface area (Å²) in [6.07, 6.45) is 6.92. The van der Waals surface area contributed by atoms with E-state index in [1.165, 1.54) is 44.3 Å². The molecule has 2 nitrogen and oxygen atoms in total. The Kier molecular flexibility index (Phi) is 5.71. The smallest absolute Gasteiger partial charge is 0.0363 e. The molecule has 2 heteroatoms. The van der Waals surface area contributed by atoms with Crippen LogP contribution in [0.3, 0.4) is 0 Å². The fourth-order valence-corrected chi connectivity index (χ4v) is 3.27. The van der Waals surface area contributed by atoms with Crippen LogP contribution in [0.2, 0.25) is 0 Å². The normalized spacial score (nSPS) is 23.9. The van der Waals surface area contributed by atoms with E-state index in [2.05, 4.69) is 54.5 Å². The van der Waals surface area contributed by atoms with E-state index in [1.807, 2.05) is 0 Å². The molecule has 0 saturated heterocycles. The lowest BCUT2D eigenvalue weighted by Crippen LogP contribution is -2.41. The fraction of sp³-hybridized carbons (Fsp3) is 0.647. The Morgan fingerprint density at radius 3 is 2.58 bits per heavy atom. The van der Waals surface area contributed by atoms with Crippen molar-refractivity contribution < 1.29 is 0 Å². The quantitative estimate of drug-likeness (QED) is 0.812.